The number of ether oxygens (including phenoxy) is 1. The zero-order chi connectivity index (χ0) is 16.3. The lowest BCUT2D eigenvalue weighted by atomic mass is 10.0. The molecule has 23 heavy (non-hydrogen) atoms. The minimum Gasteiger partial charge on any atom is -0.494 e. The van der Waals surface area contributed by atoms with E-state index in [0.717, 1.165) is 45.0 Å². The van der Waals surface area contributed by atoms with Crippen LogP contribution in [0.25, 0.3) is 0 Å². The highest BCUT2D eigenvalue weighted by Gasteiger charge is 2.12. The first-order chi connectivity index (χ1) is 11.3. The summed E-state index contributed by atoms with van der Waals surface area (Å²) in [5.74, 6) is 2.21. The molecule has 0 bridgehead atoms. The molecule has 1 aliphatic rings. The molecule has 0 amide bonds. The summed E-state index contributed by atoms with van der Waals surface area (Å²) < 4.78 is 5.87. The van der Waals surface area contributed by atoms with Crippen LogP contribution in [-0.4, -0.2) is 48.9 Å². The van der Waals surface area contributed by atoms with Crippen molar-refractivity contribution in [3.05, 3.63) is 29.8 Å². The van der Waals surface area contributed by atoms with E-state index in [1.807, 2.05) is 0 Å². The fraction of sp³-hybridized carbons (Fsp3) is 0.667. The first-order valence-corrected chi connectivity index (χ1v) is 9.68. The van der Waals surface area contributed by atoms with Crippen LogP contribution in [0.1, 0.15) is 31.2 Å². The van der Waals surface area contributed by atoms with E-state index in [4.69, 9.17) is 27.9 Å². The molecular formula is C18H28Cl2N2O. The Bertz CT molecular complexity index is 416. The summed E-state index contributed by atoms with van der Waals surface area (Å²) in [4.78, 5) is 2.27. The molecule has 1 aliphatic heterocycles. The maximum atomic E-state index is 5.87. The van der Waals surface area contributed by atoms with E-state index in [1.165, 1.54) is 24.8 Å². The van der Waals surface area contributed by atoms with Gasteiger partial charge in [0, 0.05) is 37.4 Å². The molecule has 1 heterocycles. The van der Waals surface area contributed by atoms with Crippen LogP contribution < -0.4 is 10.1 Å². The van der Waals surface area contributed by atoms with E-state index in [9.17, 15) is 0 Å². The number of piperidine rings is 1. The van der Waals surface area contributed by atoms with Crippen molar-refractivity contribution in [2.45, 2.75) is 38.3 Å². The normalized spacial score (nSPS) is 18.3. The van der Waals surface area contributed by atoms with Crippen LogP contribution in [0.2, 0.25) is 0 Å². The Morgan fingerprint density at radius 3 is 2.43 bits per heavy atom. The lowest BCUT2D eigenvalue weighted by Gasteiger charge is -2.23. The standard InChI is InChI=1S/C18H28Cl2N2O/c19-9-12-22(13-10-20)15-16-4-6-18(7-5-16)23-14-8-17-3-1-2-11-21-17/h4-7,17,21H,1-3,8-15H2. The molecule has 2 rings (SSSR count). The number of nitrogens with zero attached hydrogens (tertiary/aromatic N) is 1. The van der Waals surface area contributed by atoms with Crippen LogP contribution >= 0.6 is 23.2 Å². The van der Waals surface area contributed by atoms with Gasteiger partial charge in [-0.15, -0.1) is 23.2 Å². The maximum Gasteiger partial charge on any atom is 0.119 e. The van der Waals surface area contributed by atoms with Gasteiger partial charge in [-0.25, -0.2) is 0 Å². The second-order valence-electron chi connectivity index (χ2n) is 6.08. The first-order valence-electron chi connectivity index (χ1n) is 8.61. The van der Waals surface area contributed by atoms with Gasteiger partial charge in [-0.3, -0.25) is 4.90 Å². The van der Waals surface area contributed by atoms with Gasteiger partial charge in [-0.05, 0) is 43.5 Å². The number of hydrogen-bond donors (Lipinski definition) is 1. The minimum absolute atomic E-state index is 0.627. The van der Waals surface area contributed by atoms with E-state index in [1.54, 1.807) is 0 Å². The van der Waals surface area contributed by atoms with Gasteiger partial charge < -0.3 is 10.1 Å². The predicted molar refractivity (Wildman–Crippen MR) is 98.9 cm³/mol. The number of halogens is 2. The van der Waals surface area contributed by atoms with Crippen molar-refractivity contribution in [2.24, 2.45) is 0 Å². The molecular weight excluding hydrogens is 331 g/mol. The zero-order valence-electron chi connectivity index (χ0n) is 13.8. The van der Waals surface area contributed by atoms with E-state index >= 15 is 0 Å². The Kier molecular flexibility index (Phi) is 9.13. The number of nitrogens with one attached hydrogen (secondary N) is 1. The van der Waals surface area contributed by atoms with Crippen LogP contribution in [0.15, 0.2) is 24.3 Å². The molecule has 5 heteroatoms. The highest BCUT2D eigenvalue weighted by Crippen LogP contribution is 2.16. The predicted octanol–water partition coefficient (Wildman–Crippen LogP) is 3.88. The van der Waals surface area contributed by atoms with Gasteiger partial charge in [-0.1, -0.05) is 18.6 Å². The van der Waals surface area contributed by atoms with Gasteiger partial charge in [0.1, 0.15) is 5.75 Å². The van der Waals surface area contributed by atoms with Crippen LogP contribution in [0.4, 0.5) is 0 Å². The molecule has 1 saturated heterocycles. The fourth-order valence-electron chi connectivity index (χ4n) is 2.95. The molecule has 0 saturated carbocycles. The van der Waals surface area contributed by atoms with Gasteiger partial charge in [0.2, 0.25) is 0 Å². The van der Waals surface area contributed by atoms with Gasteiger partial charge in [-0.2, -0.15) is 0 Å². The SMILES string of the molecule is ClCCN(CCCl)Cc1ccc(OCCC2CCCCN2)cc1. The molecule has 0 radical (unpaired) electrons. The Hall–Kier alpha value is -0.480. The zero-order valence-corrected chi connectivity index (χ0v) is 15.3. The maximum absolute atomic E-state index is 5.87. The third-order valence-electron chi connectivity index (χ3n) is 4.28. The van der Waals surface area contributed by atoms with Crippen molar-refractivity contribution in [3.63, 3.8) is 0 Å². The van der Waals surface area contributed by atoms with Crippen LogP contribution in [0.3, 0.4) is 0 Å². The molecule has 1 aromatic carbocycles. The molecule has 1 N–H and O–H groups in total. The lowest BCUT2D eigenvalue weighted by molar-refractivity contribution is 0.268. The van der Waals surface area contributed by atoms with Crippen molar-refractivity contribution in [1.29, 1.82) is 0 Å². The molecule has 0 aliphatic carbocycles. The van der Waals surface area contributed by atoms with Gasteiger partial charge in [0.15, 0.2) is 0 Å². The molecule has 1 fully saturated rings. The number of rotatable bonds is 10. The number of benzene rings is 1. The van der Waals surface area contributed by atoms with E-state index in [-0.39, 0.29) is 0 Å². The van der Waals surface area contributed by atoms with Crippen LogP contribution in [0, 0.1) is 0 Å². The molecule has 1 aromatic rings. The van der Waals surface area contributed by atoms with Gasteiger partial charge in [0.05, 0.1) is 6.61 Å². The quantitative estimate of drug-likeness (QED) is 0.642. The van der Waals surface area contributed by atoms with Gasteiger partial charge in [0.25, 0.3) is 0 Å². The third-order valence-corrected chi connectivity index (χ3v) is 4.62. The minimum atomic E-state index is 0.627. The molecule has 1 unspecified atom stereocenters. The topological polar surface area (TPSA) is 24.5 Å². The monoisotopic (exact) mass is 358 g/mol. The van der Waals surface area contributed by atoms with Crippen LogP contribution in [-0.2, 0) is 6.54 Å². The second kappa shape index (κ2) is 11.1. The van der Waals surface area contributed by atoms with Gasteiger partial charge >= 0.3 is 0 Å². The number of alkyl halides is 2. The summed E-state index contributed by atoms with van der Waals surface area (Å²) in [7, 11) is 0. The molecule has 0 spiro atoms. The van der Waals surface area contributed by atoms with Crippen molar-refractivity contribution in [1.82, 2.24) is 10.2 Å². The van der Waals surface area contributed by atoms with E-state index in [0.29, 0.717) is 17.8 Å². The second-order valence-corrected chi connectivity index (χ2v) is 6.84. The van der Waals surface area contributed by atoms with Crippen molar-refractivity contribution >= 4 is 23.2 Å². The van der Waals surface area contributed by atoms with Crippen molar-refractivity contribution in [3.8, 4) is 5.75 Å². The Balaban J connectivity index is 1.72. The third kappa shape index (κ3) is 7.30. The fourth-order valence-corrected chi connectivity index (χ4v) is 3.43. The summed E-state index contributed by atoms with van der Waals surface area (Å²) in [6.45, 7) is 4.54. The Morgan fingerprint density at radius 1 is 1.09 bits per heavy atom. The van der Waals surface area contributed by atoms with E-state index in [2.05, 4.69) is 34.5 Å². The van der Waals surface area contributed by atoms with Crippen LogP contribution in [0.5, 0.6) is 5.75 Å². The Morgan fingerprint density at radius 2 is 1.83 bits per heavy atom. The first kappa shape index (κ1) is 18.9. The molecule has 3 nitrogen and oxygen atoms in total. The largest absolute Gasteiger partial charge is 0.494 e. The summed E-state index contributed by atoms with van der Waals surface area (Å²) in [5.41, 5.74) is 1.27. The van der Waals surface area contributed by atoms with Crippen molar-refractivity contribution in [2.75, 3.05) is 38.0 Å². The average molecular weight is 359 g/mol. The highest BCUT2D eigenvalue weighted by atomic mass is 35.5. The number of hydrogen-bond acceptors (Lipinski definition) is 3. The lowest BCUT2D eigenvalue weighted by Crippen LogP contribution is -2.35. The Labute approximate surface area is 150 Å². The van der Waals surface area contributed by atoms with E-state index < -0.39 is 0 Å². The van der Waals surface area contributed by atoms with Crippen molar-refractivity contribution < 1.29 is 4.74 Å². The summed E-state index contributed by atoms with van der Waals surface area (Å²) in [6.07, 6.45) is 5.01. The summed E-state index contributed by atoms with van der Waals surface area (Å²) in [6, 6.07) is 9.00. The smallest absolute Gasteiger partial charge is 0.119 e. The molecule has 1 atom stereocenters. The molecule has 130 valence electrons. The average Bonchev–Trinajstić information content (AvgIpc) is 2.58. The molecule has 0 aromatic heterocycles. The highest BCUT2D eigenvalue weighted by molar-refractivity contribution is 6.18. The summed E-state index contributed by atoms with van der Waals surface area (Å²) >= 11 is 11.7. The summed E-state index contributed by atoms with van der Waals surface area (Å²) in [5, 5.41) is 3.55.